The number of benzene rings is 1. The van der Waals surface area contributed by atoms with Crippen LogP contribution < -0.4 is 10.6 Å². The summed E-state index contributed by atoms with van der Waals surface area (Å²) in [4.78, 5) is 9.98. The topological polar surface area (TPSA) is 49.3 Å². The quantitative estimate of drug-likeness (QED) is 0.725. The molecule has 1 fully saturated rings. The van der Waals surface area contributed by atoms with Crippen molar-refractivity contribution in [1.29, 1.82) is 0 Å². The fourth-order valence-electron chi connectivity index (χ4n) is 1.79. The second-order valence-electron chi connectivity index (χ2n) is 3.57. The van der Waals surface area contributed by atoms with Gasteiger partial charge in [-0.15, -0.1) is 0 Å². The summed E-state index contributed by atoms with van der Waals surface area (Å²) in [6.07, 6.45) is 1.78. The molecule has 1 heterocycles. The van der Waals surface area contributed by atoms with E-state index < -0.39 is 7.37 Å². The highest BCUT2D eigenvalue weighted by Gasteiger charge is 2.34. The molecule has 76 valence electrons. The Labute approximate surface area is 83.6 Å². The van der Waals surface area contributed by atoms with E-state index in [0.717, 1.165) is 19.4 Å². The largest absolute Gasteiger partial charge is 0.340 e. The first kappa shape index (κ1) is 9.91. The molecule has 14 heavy (non-hydrogen) atoms. The van der Waals surface area contributed by atoms with E-state index in [0.29, 0.717) is 5.30 Å². The van der Waals surface area contributed by atoms with Crippen LogP contribution >= 0.6 is 7.37 Å². The van der Waals surface area contributed by atoms with Gasteiger partial charge in [0.15, 0.2) is 0 Å². The number of hydrogen-bond donors (Lipinski definition) is 2. The van der Waals surface area contributed by atoms with E-state index in [1.165, 1.54) is 0 Å². The van der Waals surface area contributed by atoms with Gasteiger partial charge in [0.2, 0.25) is 7.37 Å². The van der Waals surface area contributed by atoms with E-state index in [9.17, 15) is 9.46 Å². The molecule has 1 aliphatic heterocycles. The van der Waals surface area contributed by atoms with Gasteiger partial charge >= 0.3 is 0 Å². The Morgan fingerprint density at radius 1 is 1.36 bits per heavy atom. The van der Waals surface area contributed by atoms with Gasteiger partial charge in [0, 0.05) is 5.30 Å². The van der Waals surface area contributed by atoms with Gasteiger partial charge in [0.05, 0.1) is 5.78 Å². The van der Waals surface area contributed by atoms with Gasteiger partial charge in [-0.05, 0) is 31.5 Å². The van der Waals surface area contributed by atoms with E-state index in [-0.39, 0.29) is 5.78 Å². The molecule has 0 bridgehead atoms. The molecule has 4 heteroatoms. The van der Waals surface area contributed by atoms with Crippen LogP contribution in [-0.4, -0.2) is 17.2 Å². The van der Waals surface area contributed by atoms with Gasteiger partial charge in [-0.1, -0.05) is 18.2 Å². The van der Waals surface area contributed by atoms with Crippen molar-refractivity contribution in [2.75, 3.05) is 6.54 Å². The molecule has 0 aromatic heterocycles. The van der Waals surface area contributed by atoms with Gasteiger partial charge in [-0.3, -0.25) is 4.57 Å². The molecule has 0 saturated carbocycles. The molecule has 3 nitrogen and oxygen atoms in total. The minimum absolute atomic E-state index is 0.245. The zero-order valence-electron chi connectivity index (χ0n) is 7.89. The SMILES string of the molecule is O=P(O)(c1ccccc1)C1CCCN1. The fourth-order valence-corrected chi connectivity index (χ4v) is 3.65. The lowest BCUT2D eigenvalue weighted by molar-refractivity contribution is 0.468. The van der Waals surface area contributed by atoms with E-state index in [4.69, 9.17) is 0 Å². The average molecular weight is 211 g/mol. The lowest BCUT2D eigenvalue weighted by Crippen LogP contribution is -2.26. The Kier molecular flexibility index (Phi) is 2.73. The lowest BCUT2D eigenvalue weighted by atomic mass is 10.4. The summed E-state index contributed by atoms with van der Waals surface area (Å²) in [7, 11) is -3.20. The van der Waals surface area contributed by atoms with Crippen LogP contribution in [0.25, 0.3) is 0 Å². The summed E-state index contributed by atoms with van der Waals surface area (Å²) in [5.74, 6) is -0.245. The zero-order valence-corrected chi connectivity index (χ0v) is 8.78. The molecule has 1 saturated heterocycles. The van der Waals surface area contributed by atoms with Gasteiger partial charge in [0.25, 0.3) is 0 Å². The van der Waals surface area contributed by atoms with Crippen molar-refractivity contribution in [1.82, 2.24) is 5.32 Å². The third-order valence-corrected chi connectivity index (χ3v) is 4.91. The molecule has 1 aliphatic rings. The van der Waals surface area contributed by atoms with Crippen molar-refractivity contribution >= 4 is 12.7 Å². The van der Waals surface area contributed by atoms with Crippen LogP contribution in [0.1, 0.15) is 12.8 Å². The second-order valence-corrected chi connectivity index (χ2v) is 5.96. The molecule has 2 atom stereocenters. The molecule has 0 aliphatic carbocycles. The third kappa shape index (κ3) is 1.76. The summed E-state index contributed by atoms with van der Waals surface area (Å²) >= 11 is 0. The summed E-state index contributed by atoms with van der Waals surface area (Å²) < 4.78 is 12.1. The predicted octanol–water partition coefficient (Wildman–Crippen LogP) is 1.29. The zero-order chi connectivity index (χ0) is 10.0. The highest BCUT2D eigenvalue weighted by Crippen LogP contribution is 2.46. The summed E-state index contributed by atoms with van der Waals surface area (Å²) in [6.45, 7) is 0.849. The molecular formula is C10H14NO2P. The molecule has 2 unspecified atom stereocenters. The molecule has 0 amide bonds. The van der Waals surface area contributed by atoms with Crippen LogP contribution in [0.2, 0.25) is 0 Å². The van der Waals surface area contributed by atoms with Crippen molar-refractivity contribution in [3.8, 4) is 0 Å². The number of rotatable bonds is 2. The molecule has 1 aromatic rings. The Morgan fingerprint density at radius 3 is 2.64 bits per heavy atom. The maximum absolute atomic E-state index is 12.1. The first-order valence-corrected chi connectivity index (χ1v) is 6.55. The second kappa shape index (κ2) is 3.85. The third-order valence-electron chi connectivity index (χ3n) is 2.58. The molecular weight excluding hydrogens is 197 g/mol. The van der Waals surface area contributed by atoms with E-state index in [2.05, 4.69) is 5.32 Å². The summed E-state index contributed by atoms with van der Waals surface area (Å²) in [5.41, 5.74) is 0. The molecule has 2 N–H and O–H groups in total. The van der Waals surface area contributed by atoms with Gasteiger partial charge in [-0.25, -0.2) is 0 Å². The maximum atomic E-state index is 12.1. The monoisotopic (exact) mass is 211 g/mol. The maximum Gasteiger partial charge on any atom is 0.245 e. The molecule has 0 spiro atoms. The summed E-state index contributed by atoms with van der Waals surface area (Å²) in [5, 5.41) is 3.64. The minimum Gasteiger partial charge on any atom is -0.340 e. The van der Waals surface area contributed by atoms with Crippen molar-refractivity contribution in [2.45, 2.75) is 18.6 Å². The van der Waals surface area contributed by atoms with Gasteiger partial charge in [-0.2, -0.15) is 0 Å². The predicted molar refractivity (Wildman–Crippen MR) is 56.9 cm³/mol. The van der Waals surface area contributed by atoms with E-state index in [1.54, 1.807) is 24.3 Å². The van der Waals surface area contributed by atoms with E-state index >= 15 is 0 Å². The van der Waals surface area contributed by atoms with Crippen molar-refractivity contribution < 1.29 is 9.46 Å². The van der Waals surface area contributed by atoms with Crippen LogP contribution in [0.5, 0.6) is 0 Å². The fraction of sp³-hybridized carbons (Fsp3) is 0.400. The average Bonchev–Trinajstić information content (AvgIpc) is 2.72. The van der Waals surface area contributed by atoms with E-state index in [1.807, 2.05) is 6.07 Å². The molecule has 0 radical (unpaired) electrons. The Bertz CT molecular complexity index is 346. The normalized spacial score (nSPS) is 25.9. The standard InChI is InChI=1S/C10H14NO2P/c12-14(13,10-7-4-8-11-10)9-5-2-1-3-6-9/h1-3,5-6,10-11H,4,7-8H2,(H,12,13). The smallest absolute Gasteiger partial charge is 0.245 e. The molecule has 2 rings (SSSR count). The lowest BCUT2D eigenvalue weighted by Gasteiger charge is -2.18. The van der Waals surface area contributed by atoms with Crippen LogP contribution in [0, 0.1) is 0 Å². The Hall–Kier alpha value is -0.630. The Balaban J connectivity index is 2.28. The van der Waals surface area contributed by atoms with Crippen molar-refractivity contribution in [3.05, 3.63) is 30.3 Å². The summed E-state index contributed by atoms with van der Waals surface area (Å²) in [6, 6.07) is 8.90. The molecule has 1 aromatic carbocycles. The van der Waals surface area contributed by atoms with Gasteiger partial charge < -0.3 is 10.2 Å². The van der Waals surface area contributed by atoms with Crippen LogP contribution in [-0.2, 0) is 4.57 Å². The number of hydrogen-bond acceptors (Lipinski definition) is 2. The van der Waals surface area contributed by atoms with Crippen LogP contribution in [0.15, 0.2) is 30.3 Å². The highest BCUT2D eigenvalue weighted by molar-refractivity contribution is 7.66. The van der Waals surface area contributed by atoms with Crippen molar-refractivity contribution in [3.63, 3.8) is 0 Å². The van der Waals surface area contributed by atoms with Crippen LogP contribution in [0.4, 0.5) is 0 Å². The van der Waals surface area contributed by atoms with Gasteiger partial charge in [0.1, 0.15) is 0 Å². The van der Waals surface area contributed by atoms with Crippen LogP contribution in [0.3, 0.4) is 0 Å². The minimum atomic E-state index is -3.20. The van der Waals surface area contributed by atoms with Crippen molar-refractivity contribution in [2.24, 2.45) is 0 Å². The Morgan fingerprint density at radius 2 is 2.07 bits per heavy atom. The highest BCUT2D eigenvalue weighted by atomic mass is 31.2. The number of nitrogens with one attached hydrogen (secondary N) is 1. The first-order valence-electron chi connectivity index (χ1n) is 4.83. The first-order chi connectivity index (χ1) is 6.71.